The van der Waals surface area contributed by atoms with Gasteiger partial charge in [0.05, 0.1) is 6.10 Å². The Morgan fingerprint density at radius 2 is 1.67 bits per heavy atom. The molecule has 2 heteroatoms. The van der Waals surface area contributed by atoms with Gasteiger partial charge in [-0.2, -0.15) is 11.8 Å². The molecule has 0 saturated heterocycles. The molecule has 0 amide bonds. The lowest BCUT2D eigenvalue weighted by Crippen LogP contribution is -2.15. The fraction of sp³-hybridized carbons (Fsp3) is 0.538. The first-order chi connectivity index (χ1) is 7.13. The summed E-state index contributed by atoms with van der Waals surface area (Å²) in [4.78, 5) is 0. The number of benzene rings is 1. The van der Waals surface area contributed by atoms with E-state index >= 15 is 0 Å². The molecule has 0 fully saturated rings. The monoisotopic (exact) mass is 224 g/mol. The van der Waals surface area contributed by atoms with E-state index in [0.29, 0.717) is 5.25 Å². The van der Waals surface area contributed by atoms with Crippen molar-refractivity contribution in [1.82, 2.24) is 0 Å². The Bertz CT molecular complexity index is 279. The minimum Gasteiger partial charge on any atom is -0.392 e. The van der Waals surface area contributed by atoms with Crippen LogP contribution < -0.4 is 0 Å². The molecule has 0 aliphatic heterocycles. The van der Waals surface area contributed by atoms with Crippen molar-refractivity contribution in [3.8, 4) is 0 Å². The molecule has 0 aliphatic carbocycles. The van der Waals surface area contributed by atoms with E-state index in [1.807, 2.05) is 6.92 Å². The molecule has 0 aromatic heterocycles. The molecule has 0 bridgehead atoms. The second kappa shape index (κ2) is 6.19. The van der Waals surface area contributed by atoms with Crippen LogP contribution in [0.2, 0.25) is 0 Å². The van der Waals surface area contributed by atoms with Gasteiger partial charge in [-0.25, -0.2) is 0 Å². The van der Waals surface area contributed by atoms with Gasteiger partial charge in [-0.1, -0.05) is 38.1 Å². The number of thioether (sulfide) groups is 1. The molecule has 0 heterocycles. The Morgan fingerprint density at radius 3 is 2.13 bits per heavy atom. The zero-order valence-corrected chi connectivity index (χ0v) is 10.6. The van der Waals surface area contributed by atoms with Crippen molar-refractivity contribution in [3.05, 3.63) is 35.4 Å². The number of rotatable bonds is 5. The van der Waals surface area contributed by atoms with Crippen LogP contribution in [-0.4, -0.2) is 16.5 Å². The summed E-state index contributed by atoms with van der Waals surface area (Å²) in [5.74, 6) is 0.982. The second-order valence-corrected chi connectivity index (χ2v) is 5.29. The first-order valence-corrected chi connectivity index (χ1v) is 6.55. The third kappa shape index (κ3) is 4.27. The average Bonchev–Trinajstić information content (AvgIpc) is 2.26. The summed E-state index contributed by atoms with van der Waals surface area (Å²) in [6, 6.07) is 8.73. The van der Waals surface area contributed by atoms with Crippen LogP contribution >= 0.6 is 11.8 Å². The van der Waals surface area contributed by atoms with Gasteiger partial charge in [0.2, 0.25) is 0 Å². The van der Waals surface area contributed by atoms with E-state index in [0.717, 1.165) is 12.2 Å². The average molecular weight is 224 g/mol. The normalized spacial score (nSPS) is 14.9. The molecule has 1 N–H and O–H groups in total. The summed E-state index contributed by atoms with van der Waals surface area (Å²) in [7, 11) is 0. The molecule has 1 aromatic rings. The van der Waals surface area contributed by atoms with Gasteiger partial charge < -0.3 is 5.11 Å². The molecule has 0 spiro atoms. The highest BCUT2D eigenvalue weighted by molar-refractivity contribution is 7.99. The van der Waals surface area contributed by atoms with Gasteiger partial charge in [0.15, 0.2) is 0 Å². The molecule has 2 unspecified atom stereocenters. The predicted octanol–water partition coefficient (Wildman–Crippen LogP) is 3.25. The van der Waals surface area contributed by atoms with Crippen molar-refractivity contribution < 1.29 is 5.11 Å². The topological polar surface area (TPSA) is 20.2 Å². The van der Waals surface area contributed by atoms with Crippen molar-refractivity contribution in [3.63, 3.8) is 0 Å². The summed E-state index contributed by atoms with van der Waals surface area (Å²) in [6.45, 7) is 6.08. The first kappa shape index (κ1) is 12.6. The quantitative estimate of drug-likeness (QED) is 0.828. The molecule has 0 saturated carbocycles. The van der Waals surface area contributed by atoms with Gasteiger partial charge in [0, 0.05) is 11.0 Å². The van der Waals surface area contributed by atoms with E-state index in [9.17, 15) is 5.11 Å². The van der Waals surface area contributed by atoms with E-state index in [1.165, 1.54) is 11.1 Å². The molecule has 1 nitrogen and oxygen atoms in total. The number of aliphatic hydroxyl groups is 1. The highest BCUT2D eigenvalue weighted by atomic mass is 32.2. The van der Waals surface area contributed by atoms with Crippen LogP contribution in [-0.2, 0) is 12.2 Å². The number of aliphatic hydroxyl groups excluding tert-OH is 1. The van der Waals surface area contributed by atoms with E-state index in [4.69, 9.17) is 0 Å². The smallest absolute Gasteiger partial charge is 0.0628 e. The van der Waals surface area contributed by atoms with Crippen molar-refractivity contribution in [2.75, 3.05) is 0 Å². The molecular weight excluding hydrogens is 204 g/mol. The maximum absolute atomic E-state index is 9.36. The number of aryl methyl sites for hydroxylation is 1. The van der Waals surface area contributed by atoms with Crippen LogP contribution in [0, 0.1) is 0 Å². The van der Waals surface area contributed by atoms with E-state index in [2.05, 4.69) is 38.1 Å². The minimum absolute atomic E-state index is 0.232. The second-order valence-electron chi connectivity index (χ2n) is 3.93. The lowest BCUT2D eigenvalue weighted by molar-refractivity contribution is 0.196. The van der Waals surface area contributed by atoms with Gasteiger partial charge in [0.25, 0.3) is 0 Å². The van der Waals surface area contributed by atoms with Crippen LogP contribution in [0.3, 0.4) is 0 Å². The first-order valence-electron chi connectivity index (χ1n) is 5.51. The third-order valence-corrected chi connectivity index (χ3v) is 4.04. The Labute approximate surface area is 96.9 Å². The highest BCUT2D eigenvalue weighted by Gasteiger charge is 2.08. The maximum Gasteiger partial charge on any atom is 0.0628 e. The summed E-state index contributed by atoms with van der Waals surface area (Å²) in [6.07, 6.45) is 0.863. The zero-order valence-electron chi connectivity index (χ0n) is 9.73. The lowest BCUT2D eigenvalue weighted by atomic mass is 10.1. The molecule has 0 radical (unpaired) electrons. The Balaban J connectivity index is 2.44. The zero-order chi connectivity index (χ0) is 11.3. The SMILES string of the molecule is CCc1ccc(CSC(C)C(C)O)cc1. The largest absolute Gasteiger partial charge is 0.392 e. The van der Waals surface area contributed by atoms with E-state index in [1.54, 1.807) is 11.8 Å². The van der Waals surface area contributed by atoms with E-state index in [-0.39, 0.29) is 6.10 Å². The molecule has 84 valence electrons. The molecule has 0 aliphatic rings. The van der Waals surface area contributed by atoms with Crippen molar-refractivity contribution >= 4 is 11.8 Å². The Hall–Kier alpha value is -0.470. The van der Waals surface area contributed by atoms with Crippen LogP contribution in [0.1, 0.15) is 31.9 Å². The van der Waals surface area contributed by atoms with Crippen molar-refractivity contribution in [2.45, 2.75) is 44.3 Å². The standard InChI is InChI=1S/C13H20OS/c1-4-12-5-7-13(8-6-12)9-15-11(3)10(2)14/h5-8,10-11,14H,4,9H2,1-3H3. The number of hydrogen-bond acceptors (Lipinski definition) is 2. The van der Waals surface area contributed by atoms with Crippen LogP contribution in [0.5, 0.6) is 0 Å². The molecule has 15 heavy (non-hydrogen) atoms. The van der Waals surface area contributed by atoms with Crippen LogP contribution in [0.15, 0.2) is 24.3 Å². The predicted molar refractivity (Wildman–Crippen MR) is 68.3 cm³/mol. The molecular formula is C13H20OS. The minimum atomic E-state index is -0.232. The fourth-order valence-electron chi connectivity index (χ4n) is 1.24. The Kier molecular flexibility index (Phi) is 5.20. The van der Waals surface area contributed by atoms with E-state index < -0.39 is 0 Å². The summed E-state index contributed by atoms with van der Waals surface area (Å²) in [5, 5.41) is 9.66. The fourth-order valence-corrected chi connectivity index (χ4v) is 2.16. The maximum atomic E-state index is 9.36. The summed E-state index contributed by atoms with van der Waals surface area (Å²) in [5.41, 5.74) is 2.72. The molecule has 1 rings (SSSR count). The van der Waals surface area contributed by atoms with Gasteiger partial charge in [0.1, 0.15) is 0 Å². The number of hydrogen-bond donors (Lipinski definition) is 1. The highest BCUT2D eigenvalue weighted by Crippen LogP contribution is 2.20. The summed E-state index contributed by atoms with van der Waals surface area (Å²) < 4.78 is 0. The Morgan fingerprint density at radius 1 is 1.13 bits per heavy atom. The van der Waals surface area contributed by atoms with Crippen molar-refractivity contribution in [1.29, 1.82) is 0 Å². The lowest BCUT2D eigenvalue weighted by Gasteiger charge is -2.13. The van der Waals surface area contributed by atoms with Crippen LogP contribution in [0.25, 0.3) is 0 Å². The van der Waals surface area contributed by atoms with Crippen LogP contribution in [0.4, 0.5) is 0 Å². The van der Waals surface area contributed by atoms with Crippen molar-refractivity contribution in [2.24, 2.45) is 0 Å². The third-order valence-electron chi connectivity index (χ3n) is 2.62. The van der Waals surface area contributed by atoms with Gasteiger partial charge in [-0.15, -0.1) is 0 Å². The molecule has 2 atom stereocenters. The van der Waals surface area contributed by atoms with Gasteiger partial charge in [-0.05, 0) is 24.5 Å². The summed E-state index contributed by atoms with van der Waals surface area (Å²) >= 11 is 1.80. The molecule has 1 aromatic carbocycles. The van der Waals surface area contributed by atoms with Gasteiger partial charge >= 0.3 is 0 Å². The van der Waals surface area contributed by atoms with Gasteiger partial charge in [-0.3, -0.25) is 0 Å².